The Labute approximate surface area is 209 Å². The van der Waals surface area contributed by atoms with Crippen LogP contribution in [-0.2, 0) is 0 Å². The molecule has 8 heteroatoms. The molecule has 0 unspecified atom stereocenters. The summed E-state index contributed by atoms with van der Waals surface area (Å²) in [6.07, 6.45) is 0. The number of rotatable bonds is 13. The van der Waals surface area contributed by atoms with Crippen LogP contribution in [0.3, 0.4) is 0 Å². The average Bonchev–Trinajstić information content (AvgIpc) is 3.14. The van der Waals surface area contributed by atoms with Crippen molar-refractivity contribution < 1.29 is 19.0 Å². The molecule has 2 aromatic carbocycles. The number of benzene rings is 2. The third-order valence-electron chi connectivity index (χ3n) is 6.38. The van der Waals surface area contributed by atoms with E-state index in [0.29, 0.717) is 52.8 Å². The van der Waals surface area contributed by atoms with Crippen LogP contribution in [0.1, 0.15) is 43.6 Å². The normalized spacial score (nSPS) is 11.9. The van der Waals surface area contributed by atoms with Gasteiger partial charge in [-0.1, -0.05) is 39.8 Å². The third kappa shape index (κ3) is 5.59. The molecule has 0 aliphatic heterocycles. The minimum Gasteiger partial charge on any atom is -0.496 e. The van der Waals surface area contributed by atoms with Crippen molar-refractivity contribution in [2.24, 2.45) is 0 Å². The Hall–Kier alpha value is -2.48. The number of hydrogen-bond acceptors (Lipinski definition) is 7. The highest BCUT2D eigenvalue weighted by molar-refractivity contribution is 6.26. The largest absolute Gasteiger partial charge is 0.496 e. The second-order valence-corrected chi connectivity index (χ2v) is 8.00. The third-order valence-corrected chi connectivity index (χ3v) is 6.38. The van der Waals surface area contributed by atoms with Gasteiger partial charge in [0.2, 0.25) is 0 Å². The Morgan fingerprint density at radius 1 is 0.794 bits per heavy atom. The average molecular weight is 492 g/mol. The monoisotopic (exact) mass is 491 g/mol. The molecular weight excluding hydrogens is 454 g/mol. The molecule has 0 atom stereocenters. The Morgan fingerprint density at radius 2 is 1.35 bits per heavy atom. The fraction of sp³-hybridized carbons (Fsp3) is 0.500. The molecule has 0 radical (unpaired) electrons. The van der Waals surface area contributed by atoms with Gasteiger partial charge in [-0.2, -0.15) is 0 Å². The van der Waals surface area contributed by atoms with E-state index in [2.05, 4.69) is 37.5 Å². The first-order valence-electron chi connectivity index (χ1n) is 11.9. The molecule has 0 fully saturated rings. The van der Waals surface area contributed by atoms with Crippen molar-refractivity contribution in [2.75, 3.05) is 65.3 Å². The van der Waals surface area contributed by atoms with Crippen LogP contribution >= 0.6 is 12.4 Å². The summed E-state index contributed by atoms with van der Waals surface area (Å²) < 4.78 is 17.8. The summed E-state index contributed by atoms with van der Waals surface area (Å²) in [5.41, 5.74) is 9.26. The highest BCUT2D eigenvalue weighted by Gasteiger charge is 2.36. The van der Waals surface area contributed by atoms with Crippen molar-refractivity contribution in [2.45, 2.75) is 27.7 Å². The van der Waals surface area contributed by atoms with Crippen LogP contribution in [0.5, 0.6) is 17.2 Å². The molecule has 1 aliphatic carbocycles. The van der Waals surface area contributed by atoms with E-state index in [-0.39, 0.29) is 18.2 Å². The highest BCUT2D eigenvalue weighted by atomic mass is 35.5. The van der Waals surface area contributed by atoms with E-state index in [0.717, 1.165) is 44.8 Å². The molecule has 0 bridgehead atoms. The fourth-order valence-electron chi connectivity index (χ4n) is 4.30. The summed E-state index contributed by atoms with van der Waals surface area (Å²) in [4.78, 5) is 17.9. The van der Waals surface area contributed by atoms with Gasteiger partial charge < -0.3 is 29.7 Å². The second kappa shape index (κ2) is 12.8. The minimum absolute atomic E-state index is 0. The predicted octanol–water partition coefficient (Wildman–Crippen LogP) is 4.35. The number of nitrogen functional groups attached to an aromatic ring is 1. The number of anilines is 1. The van der Waals surface area contributed by atoms with Crippen molar-refractivity contribution in [3.05, 3.63) is 35.4 Å². The van der Waals surface area contributed by atoms with Crippen molar-refractivity contribution in [1.29, 1.82) is 0 Å². The van der Waals surface area contributed by atoms with Crippen molar-refractivity contribution in [3.8, 4) is 28.4 Å². The lowest BCUT2D eigenvalue weighted by atomic mass is 10.0. The first kappa shape index (κ1) is 27.8. The van der Waals surface area contributed by atoms with Gasteiger partial charge in [0, 0.05) is 35.8 Å². The van der Waals surface area contributed by atoms with E-state index in [1.54, 1.807) is 13.2 Å². The van der Waals surface area contributed by atoms with Crippen LogP contribution < -0.4 is 19.9 Å². The molecule has 0 heterocycles. The SMILES string of the molecule is CCN(CC)CCOc1cc(OC)c2c(c1N)C(=O)c1cccc(OCCN(CC)CC)c1-2.Cl. The van der Waals surface area contributed by atoms with E-state index >= 15 is 0 Å². The Kier molecular flexibility index (Phi) is 10.5. The van der Waals surface area contributed by atoms with Crippen LogP contribution in [0.25, 0.3) is 11.1 Å². The molecule has 0 amide bonds. The van der Waals surface area contributed by atoms with E-state index in [1.807, 2.05) is 18.2 Å². The number of hydrogen-bond donors (Lipinski definition) is 1. The summed E-state index contributed by atoms with van der Waals surface area (Å²) in [5, 5.41) is 0. The van der Waals surface area contributed by atoms with Gasteiger partial charge in [-0.3, -0.25) is 4.79 Å². The second-order valence-electron chi connectivity index (χ2n) is 8.00. The topological polar surface area (TPSA) is 77.3 Å². The molecule has 2 aromatic rings. The maximum absolute atomic E-state index is 13.4. The minimum atomic E-state index is -0.126. The van der Waals surface area contributed by atoms with Gasteiger partial charge in [-0.05, 0) is 32.2 Å². The van der Waals surface area contributed by atoms with Gasteiger partial charge in [-0.15, -0.1) is 12.4 Å². The highest BCUT2D eigenvalue weighted by Crippen LogP contribution is 2.51. The summed E-state index contributed by atoms with van der Waals surface area (Å²) >= 11 is 0. The van der Waals surface area contributed by atoms with Gasteiger partial charge in [0.15, 0.2) is 5.78 Å². The number of likely N-dealkylation sites (N-methyl/N-ethyl adjacent to an activating group) is 2. The van der Waals surface area contributed by atoms with Crippen LogP contribution in [-0.4, -0.2) is 75.2 Å². The standard InChI is InChI=1S/C26H37N3O4.ClH/c1-6-28(7-2)13-15-32-19-12-10-11-18-22(19)23-20(31-5)17-21(25(27)24(23)26(18)30)33-16-14-29(8-3)9-4;/h10-12,17H,6-9,13-16,27H2,1-5H3;1H. The van der Waals surface area contributed by atoms with E-state index < -0.39 is 0 Å². The molecule has 2 N–H and O–H groups in total. The quantitative estimate of drug-likeness (QED) is 0.356. The van der Waals surface area contributed by atoms with Crippen LogP contribution in [0.4, 0.5) is 5.69 Å². The van der Waals surface area contributed by atoms with Gasteiger partial charge in [0.1, 0.15) is 30.5 Å². The zero-order valence-corrected chi connectivity index (χ0v) is 21.8. The predicted molar refractivity (Wildman–Crippen MR) is 140 cm³/mol. The molecular formula is C26H38ClN3O4. The van der Waals surface area contributed by atoms with Crippen LogP contribution in [0, 0.1) is 0 Å². The zero-order valence-electron chi connectivity index (χ0n) is 21.0. The first-order valence-corrected chi connectivity index (χ1v) is 11.9. The van der Waals surface area contributed by atoms with Gasteiger partial charge in [0.25, 0.3) is 0 Å². The maximum atomic E-state index is 13.4. The van der Waals surface area contributed by atoms with Gasteiger partial charge >= 0.3 is 0 Å². The number of carbonyl (C=O) groups is 1. The molecule has 34 heavy (non-hydrogen) atoms. The molecule has 0 spiro atoms. The number of methoxy groups -OCH3 is 1. The first-order chi connectivity index (χ1) is 16.0. The molecule has 1 aliphatic rings. The van der Waals surface area contributed by atoms with E-state index in [1.165, 1.54) is 0 Å². The van der Waals surface area contributed by atoms with E-state index in [9.17, 15) is 4.79 Å². The molecule has 0 saturated carbocycles. The van der Waals surface area contributed by atoms with Crippen molar-refractivity contribution in [3.63, 3.8) is 0 Å². The Balaban J connectivity index is 0.00000408. The number of carbonyl (C=O) groups excluding carboxylic acids is 1. The Bertz CT molecular complexity index is 975. The number of fused-ring (bicyclic) bond motifs is 3. The number of halogens is 1. The number of ether oxygens (including phenoxy) is 3. The Morgan fingerprint density at radius 3 is 1.88 bits per heavy atom. The van der Waals surface area contributed by atoms with Crippen molar-refractivity contribution >= 4 is 23.9 Å². The number of nitrogens with zero attached hydrogens (tertiary/aromatic N) is 2. The smallest absolute Gasteiger partial charge is 0.196 e. The van der Waals surface area contributed by atoms with Crippen LogP contribution in [0.2, 0.25) is 0 Å². The lowest BCUT2D eigenvalue weighted by Gasteiger charge is -2.20. The van der Waals surface area contributed by atoms with Gasteiger partial charge in [-0.25, -0.2) is 0 Å². The number of ketones is 1. The summed E-state index contributed by atoms with van der Waals surface area (Å²) in [6, 6.07) is 7.34. The lowest BCUT2D eigenvalue weighted by molar-refractivity contribution is 0.104. The number of nitrogens with two attached hydrogens (primary N) is 1. The van der Waals surface area contributed by atoms with Gasteiger partial charge in [0.05, 0.1) is 18.4 Å². The fourth-order valence-corrected chi connectivity index (χ4v) is 4.30. The van der Waals surface area contributed by atoms with Crippen molar-refractivity contribution in [1.82, 2.24) is 9.80 Å². The lowest BCUT2D eigenvalue weighted by Crippen LogP contribution is -2.28. The zero-order chi connectivity index (χ0) is 24.0. The summed E-state index contributed by atoms with van der Waals surface area (Å²) in [5.74, 6) is 1.57. The molecule has 0 aromatic heterocycles. The summed E-state index contributed by atoms with van der Waals surface area (Å²) in [7, 11) is 1.60. The molecule has 3 rings (SSSR count). The molecule has 7 nitrogen and oxygen atoms in total. The maximum Gasteiger partial charge on any atom is 0.196 e. The van der Waals surface area contributed by atoms with Crippen LogP contribution in [0.15, 0.2) is 24.3 Å². The molecule has 188 valence electrons. The van der Waals surface area contributed by atoms with E-state index in [4.69, 9.17) is 19.9 Å². The summed E-state index contributed by atoms with van der Waals surface area (Å²) in [6.45, 7) is 15.0. The molecule has 0 saturated heterocycles.